The third-order valence-corrected chi connectivity index (χ3v) is 5.53. The minimum absolute atomic E-state index is 0.00568. The fraction of sp³-hybridized carbons (Fsp3) is 0.462. The zero-order chi connectivity index (χ0) is 23.1. The summed E-state index contributed by atoms with van der Waals surface area (Å²) in [4.78, 5) is 27.9. The average molecular weight is 425 g/mol. The average Bonchev–Trinajstić information content (AvgIpc) is 2.70. The van der Waals surface area contributed by atoms with Gasteiger partial charge in [-0.15, -0.1) is 0 Å². The monoisotopic (exact) mass is 424 g/mol. The van der Waals surface area contributed by atoms with Crippen molar-refractivity contribution in [1.82, 2.24) is 10.2 Å². The molecule has 0 bridgehead atoms. The van der Waals surface area contributed by atoms with Crippen LogP contribution in [0.1, 0.15) is 55.0 Å². The van der Waals surface area contributed by atoms with Gasteiger partial charge < -0.3 is 15.0 Å². The number of benzene rings is 2. The summed E-state index contributed by atoms with van der Waals surface area (Å²) in [7, 11) is 0. The van der Waals surface area contributed by atoms with Gasteiger partial charge in [0.2, 0.25) is 5.91 Å². The minimum Gasteiger partial charge on any atom is -0.483 e. The zero-order valence-corrected chi connectivity index (χ0v) is 19.9. The molecule has 0 spiro atoms. The number of carbonyl (C=O) groups is 2. The van der Waals surface area contributed by atoms with Crippen LogP contribution in [-0.4, -0.2) is 35.4 Å². The van der Waals surface area contributed by atoms with E-state index in [2.05, 4.69) is 11.4 Å². The molecule has 1 N–H and O–H groups in total. The SMILES string of the molecule is CC[C@H](C(=O)NC(C)C)N(Cc1ccccc1C)C(=O)COc1cc(C)cc(C)c1C. The second-order valence-corrected chi connectivity index (χ2v) is 8.53. The van der Waals surface area contributed by atoms with Crippen molar-refractivity contribution in [3.8, 4) is 5.75 Å². The molecule has 0 aliphatic heterocycles. The third kappa shape index (κ3) is 6.58. The Labute approximate surface area is 186 Å². The summed E-state index contributed by atoms with van der Waals surface area (Å²) < 4.78 is 5.94. The molecule has 0 aliphatic carbocycles. The molecule has 0 unspecified atom stereocenters. The van der Waals surface area contributed by atoms with Crippen LogP contribution in [0, 0.1) is 27.7 Å². The van der Waals surface area contributed by atoms with Gasteiger partial charge in [-0.25, -0.2) is 0 Å². The number of nitrogens with zero attached hydrogens (tertiary/aromatic N) is 1. The molecule has 1 atom stereocenters. The maximum absolute atomic E-state index is 13.3. The Bertz CT molecular complexity index is 921. The van der Waals surface area contributed by atoms with Gasteiger partial charge in [-0.2, -0.15) is 0 Å². The van der Waals surface area contributed by atoms with Crippen molar-refractivity contribution in [2.45, 2.75) is 73.5 Å². The molecule has 0 aliphatic rings. The van der Waals surface area contributed by atoms with Crippen LogP contribution in [0.5, 0.6) is 5.75 Å². The van der Waals surface area contributed by atoms with Crippen LogP contribution < -0.4 is 10.1 Å². The van der Waals surface area contributed by atoms with Gasteiger partial charge in [0.1, 0.15) is 11.8 Å². The van der Waals surface area contributed by atoms with Gasteiger partial charge in [0.05, 0.1) is 0 Å². The first-order chi connectivity index (χ1) is 14.6. The van der Waals surface area contributed by atoms with Crippen LogP contribution in [-0.2, 0) is 16.1 Å². The highest BCUT2D eigenvalue weighted by Crippen LogP contribution is 2.24. The highest BCUT2D eigenvalue weighted by molar-refractivity contribution is 5.88. The van der Waals surface area contributed by atoms with Crippen molar-refractivity contribution in [2.75, 3.05) is 6.61 Å². The largest absolute Gasteiger partial charge is 0.483 e. The summed E-state index contributed by atoms with van der Waals surface area (Å²) in [6.07, 6.45) is 0.527. The zero-order valence-electron chi connectivity index (χ0n) is 19.9. The van der Waals surface area contributed by atoms with Crippen LogP contribution in [0.3, 0.4) is 0 Å². The summed E-state index contributed by atoms with van der Waals surface area (Å²) in [6.45, 7) is 14.1. The van der Waals surface area contributed by atoms with Crippen LogP contribution in [0.2, 0.25) is 0 Å². The summed E-state index contributed by atoms with van der Waals surface area (Å²) in [6, 6.07) is 11.4. The highest BCUT2D eigenvalue weighted by atomic mass is 16.5. The molecular weight excluding hydrogens is 388 g/mol. The van der Waals surface area contributed by atoms with Crippen molar-refractivity contribution in [1.29, 1.82) is 0 Å². The smallest absolute Gasteiger partial charge is 0.261 e. The molecule has 2 amide bonds. The van der Waals surface area contributed by atoms with E-state index in [9.17, 15) is 9.59 Å². The first kappa shape index (κ1) is 24.4. The first-order valence-electron chi connectivity index (χ1n) is 11.0. The van der Waals surface area contributed by atoms with Gasteiger partial charge in [0, 0.05) is 12.6 Å². The quantitative estimate of drug-likeness (QED) is 0.638. The van der Waals surface area contributed by atoms with E-state index < -0.39 is 6.04 Å². The molecule has 0 heterocycles. The van der Waals surface area contributed by atoms with Gasteiger partial charge in [-0.05, 0) is 81.8 Å². The fourth-order valence-corrected chi connectivity index (χ4v) is 3.64. The molecule has 2 aromatic carbocycles. The molecule has 168 valence electrons. The van der Waals surface area contributed by atoms with Crippen molar-refractivity contribution < 1.29 is 14.3 Å². The van der Waals surface area contributed by atoms with Crippen LogP contribution in [0.4, 0.5) is 0 Å². The van der Waals surface area contributed by atoms with E-state index in [4.69, 9.17) is 4.74 Å². The molecule has 5 heteroatoms. The number of ether oxygens (including phenoxy) is 1. The number of aryl methyl sites for hydroxylation is 3. The second-order valence-electron chi connectivity index (χ2n) is 8.53. The Morgan fingerprint density at radius 2 is 1.71 bits per heavy atom. The van der Waals surface area contributed by atoms with E-state index in [-0.39, 0.29) is 24.5 Å². The molecule has 0 saturated heterocycles. The Morgan fingerprint density at radius 1 is 1.03 bits per heavy atom. The van der Waals surface area contributed by atoms with E-state index in [1.54, 1.807) is 4.90 Å². The van der Waals surface area contributed by atoms with Crippen molar-refractivity contribution in [3.05, 3.63) is 64.2 Å². The van der Waals surface area contributed by atoms with E-state index in [0.29, 0.717) is 18.7 Å². The molecule has 2 rings (SSSR count). The van der Waals surface area contributed by atoms with E-state index in [1.807, 2.05) is 78.8 Å². The fourth-order valence-electron chi connectivity index (χ4n) is 3.64. The molecule has 2 aromatic rings. The van der Waals surface area contributed by atoms with Gasteiger partial charge >= 0.3 is 0 Å². The number of amides is 2. The van der Waals surface area contributed by atoms with Crippen LogP contribution in [0.25, 0.3) is 0 Å². The van der Waals surface area contributed by atoms with Crippen molar-refractivity contribution in [2.24, 2.45) is 0 Å². The van der Waals surface area contributed by atoms with Crippen molar-refractivity contribution >= 4 is 11.8 Å². The molecule has 0 saturated carbocycles. The van der Waals surface area contributed by atoms with Crippen LogP contribution >= 0.6 is 0 Å². The molecule has 0 fully saturated rings. The predicted molar refractivity (Wildman–Crippen MR) is 125 cm³/mol. The maximum Gasteiger partial charge on any atom is 0.261 e. The topological polar surface area (TPSA) is 58.6 Å². The molecule has 31 heavy (non-hydrogen) atoms. The lowest BCUT2D eigenvalue weighted by molar-refractivity contribution is -0.143. The number of rotatable bonds is 9. The Balaban J connectivity index is 2.29. The lowest BCUT2D eigenvalue weighted by atomic mass is 10.1. The summed E-state index contributed by atoms with van der Waals surface area (Å²) in [5, 5.41) is 2.95. The van der Waals surface area contributed by atoms with Gasteiger partial charge in [0.15, 0.2) is 6.61 Å². The Morgan fingerprint density at radius 3 is 2.32 bits per heavy atom. The number of hydrogen-bond donors (Lipinski definition) is 1. The number of nitrogens with one attached hydrogen (secondary N) is 1. The predicted octanol–water partition coefficient (Wildman–Crippen LogP) is 4.63. The lowest BCUT2D eigenvalue weighted by Gasteiger charge is -2.31. The number of hydrogen-bond acceptors (Lipinski definition) is 3. The van der Waals surface area contributed by atoms with Crippen molar-refractivity contribution in [3.63, 3.8) is 0 Å². The van der Waals surface area contributed by atoms with Gasteiger partial charge in [0.25, 0.3) is 5.91 Å². The molecule has 0 aromatic heterocycles. The molecule has 0 radical (unpaired) electrons. The van der Waals surface area contributed by atoms with E-state index in [0.717, 1.165) is 27.8 Å². The highest BCUT2D eigenvalue weighted by Gasteiger charge is 2.29. The Hall–Kier alpha value is -2.82. The van der Waals surface area contributed by atoms with E-state index in [1.165, 1.54) is 0 Å². The van der Waals surface area contributed by atoms with E-state index >= 15 is 0 Å². The third-order valence-electron chi connectivity index (χ3n) is 5.53. The molecule has 5 nitrogen and oxygen atoms in total. The lowest BCUT2D eigenvalue weighted by Crippen LogP contribution is -2.51. The maximum atomic E-state index is 13.3. The first-order valence-corrected chi connectivity index (χ1v) is 11.0. The van der Waals surface area contributed by atoms with Gasteiger partial charge in [-0.1, -0.05) is 37.3 Å². The second kappa shape index (κ2) is 11.0. The summed E-state index contributed by atoms with van der Waals surface area (Å²) in [5.74, 6) is 0.371. The standard InChI is InChI=1S/C26H36N2O3/c1-8-23(26(30)27-17(2)3)28(15-22-12-10-9-11-19(22)5)25(29)16-31-24-14-18(4)13-20(6)21(24)7/h9-14,17,23H,8,15-16H2,1-7H3,(H,27,30)/t23-/m1/s1. The van der Waals surface area contributed by atoms with Gasteiger partial charge in [-0.3, -0.25) is 9.59 Å². The van der Waals surface area contributed by atoms with Crippen LogP contribution in [0.15, 0.2) is 36.4 Å². The Kier molecular flexibility index (Phi) is 8.66. The molecular formula is C26H36N2O3. The number of carbonyl (C=O) groups excluding carboxylic acids is 2. The normalized spacial score (nSPS) is 11.9. The summed E-state index contributed by atoms with van der Waals surface area (Å²) in [5.41, 5.74) is 5.35. The minimum atomic E-state index is -0.557. The summed E-state index contributed by atoms with van der Waals surface area (Å²) >= 11 is 0.